The van der Waals surface area contributed by atoms with Crippen molar-refractivity contribution in [3.05, 3.63) is 75.2 Å². The van der Waals surface area contributed by atoms with Gasteiger partial charge in [0.15, 0.2) is 11.5 Å². The van der Waals surface area contributed by atoms with Crippen LogP contribution in [-0.2, 0) is 0 Å². The van der Waals surface area contributed by atoms with Crippen LogP contribution in [-0.4, -0.2) is 31.2 Å². The van der Waals surface area contributed by atoms with Crippen molar-refractivity contribution in [3.8, 4) is 28.6 Å². The topological polar surface area (TPSA) is 111 Å². The molecule has 1 aromatic heterocycles. The molecule has 0 saturated heterocycles. The van der Waals surface area contributed by atoms with E-state index in [9.17, 15) is 15.3 Å². The van der Waals surface area contributed by atoms with Crippen molar-refractivity contribution in [2.45, 2.75) is 0 Å². The summed E-state index contributed by atoms with van der Waals surface area (Å²) >= 11 is 0. The van der Waals surface area contributed by atoms with E-state index in [0.717, 1.165) is 5.56 Å². The Morgan fingerprint density at radius 1 is 1.00 bits per heavy atom. The monoisotopic (exact) mass is 409 g/mol. The number of hydrogen-bond donors (Lipinski definition) is 0. The van der Waals surface area contributed by atoms with E-state index in [0.29, 0.717) is 33.2 Å². The third-order valence-electron chi connectivity index (χ3n) is 4.32. The van der Waals surface area contributed by atoms with Gasteiger partial charge in [0.2, 0.25) is 5.75 Å². The van der Waals surface area contributed by atoms with Crippen LogP contribution in [0.1, 0.15) is 11.3 Å². The largest absolute Gasteiger partial charge is 0.710 e. The smallest absolute Gasteiger partial charge is 0.333 e. The Morgan fingerprint density at radius 3 is 2.30 bits per heavy atom. The highest BCUT2D eigenvalue weighted by Crippen LogP contribution is 2.38. The van der Waals surface area contributed by atoms with Crippen molar-refractivity contribution < 1.29 is 23.9 Å². The summed E-state index contributed by atoms with van der Waals surface area (Å²) in [6, 6.07) is 10.8. The number of methoxy groups -OCH3 is 3. The van der Waals surface area contributed by atoms with Crippen molar-refractivity contribution in [3.63, 3.8) is 0 Å². The van der Waals surface area contributed by atoms with Crippen molar-refractivity contribution in [1.29, 1.82) is 0 Å². The summed E-state index contributed by atoms with van der Waals surface area (Å²) in [5.41, 5.74) is 1.26. The third kappa shape index (κ3) is 4.14. The van der Waals surface area contributed by atoms with Gasteiger partial charge in [0.05, 0.1) is 31.8 Å². The molecule has 0 aliphatic heterocycles. The molecule has 3 rings (SSSR count). The molecule has 0 saturated carbocycles. The maximum atomic E-state index is 12.8. The first-order chi connectivity index (χ1) is 14.5. The lowest BCUT2D eigenvalue weighted by atomic mass is 10.1. The fourth-order valence-corrected chi connectivity index (χ4v) is 2.88. The second-order valence-corrected chi connectivity index (χ2v) is 6.09. The Bertz CT molecular complexity index is 1090. The van der Waals surface area contributed by atoms with E-state index in [1.54, 1.807) is 36.4 Å². The van der Waals surface area contributed by atoms with Crippen LogP contribution in [0.15, 0.2) is 48.7 Å². The van der Waals surface area contributed by atoms with Crippen LogP contribution in [0.5, 0.6) is 17.2 Å². The molecule has 0 fully saturated rings. The third-order valence-corrected chi connectivity index (χ3v) is 4.32. The molecule has 0 atom stereocenters. The number of ether oxygens (including phenoxy) is 3. The summed E-state index contributed by atoms with van der Waals surface area (Å²) in [6.45, 7) is 0. The maximum Gasteiger partial charge on any atom is 0.333 e. The van der Waals surface area contributed by atoms with Crippen molar-refractivity contribution in [2.75, 3.05) is 21.3 Å². The minimum Gasteiger partial charge on any atom is -0.710 e. The second kappa shape index (κ2) is 8.91. The van der Waals surface area contributed by atoms with Crippen LogP contribution >= 0.6 is 0 Å². The predicted molar refractivity (Wildman–Crippen MR) is 110 cm³/mol. The Hall–Kier alpha value is -4.14. The zero-order chi connectivity index (χ0) is 21.7. The van der Waals surface area contributed by atoms with Gasteiger partial charge in [-0.25, -0.2) is 4.73 Å². The fraction of sp³-hybridized carbons (Fsp3) is 0.143. The molecular formula is C21H19N3O6. The van der Waals surface area contributed by atoms with E-state index in [4.69, 9.17) is 14.2 Å². The number of hydrogen-bond acceptors (Lipinski definition) is 7. The number of nitrogens with zero attached hydrogens (tertiary/aromatic N) is 3. The molecule has 0 bridgehead atoms. The fourth-order valence-electron chi connectivity index (χ4n) is 2.88. The Morgan fingerprint density at radius 2 is 1.70 bits per heavy atom. The molecule has 0 spiro atoms. The van der Waals surface area contributed by atoms with Crippen LogP contribution < -0.4 is 18.9 Å². The standard InChI is InChI=1S/C21H19N3O6/c1-28-18-11-14(12-19(29-2)20(18)30-3)7-8-16-9-10-22-21(23(16)25)15-5-4-6-17(13-15)24(26)27/h4-13H,1-3H3/b8-7+. The lowest BCUT2D eigenvalue weighted by Crippen LogP contribution is -2.33. The molecule has 0 radical (unpaired) electrons. The molecular weight excluding hydrogens is 390 g/mol. The van der Waals surface area contributed by atoms with Gasteiger partial charge in [0.25, 0.3) is 5.69 Å². The van der Waals surface area contributed by atoms with Gasteiger partial charge < -0.3 is 19.4 Å². The molecule has 154 valence electrons. The van der Waals surface area contributed by atoms with Crippen molar-refractivity contribution in [2.24, 2.45) is 0 Å². The molecule has 3 aromatic rings. The molecule has 1 heterocycles. The first-order valence-electron chi connectivity index (χ1n) is 8.80. The van der Waals surface area contributed by atoms with E-state index >= 15 is 0 Å². The molecule has 30 heavy (non-hydrogen) atoms. The zero-order valence-electron chi connectivity index (χ0n) is 16.6. The molecule has 9 heteroatoms. The normalized spacial score (nSPS) is 10.8. The highest BCUT2D eigenvalue weighted by molar-refractivity contribution is 5.71. The summed E-state index contributed by atoms with van der Waals surface area (Å²) in [4.78, 5) is 14.6. The Kier molecular flexibility index (Phi) is 6.11. The molecule has 9 nitrogen and oxygen atoms in total. The van der Waals surface area contributed by atoms with Crippen LogP contribution in [0, 0.1) is 15.3 Å². The number of rotatable bonds is 7. The van der Waals surface area contributed by atoms with E-state index in [1.807, 2.05) is 0 Å². The van der Waals surface area contributed by atoms with E-state index in [1.165, 1.54) is 45.7 Å². The average Bonchev–Trinajstić information content (AvgIpc) is 2.77. The molecule has 0 N–H and O–H groups in total. The average molecular weight is 409 g/mol. The van der Waals surface area contributed by atoms with Gasteiger partial charge in [-0.3, -0.25) is 10.1 Å². The Labute approximate surface area is 172 Å². The first kappa shape index (κ1) is 20.6. The number of aromatic nitrogens is 2. The lowest BCUT2D eigenvalue weighted by Gasteiger charge is -2.13. The van der Waals surface area contributed by atoms with Crippen molar-refractivity contribution >= 4 is 17.8 Å². The van der Waals surface area contributed by atoms with Crippen LogP contribution in [0.4, 0.5) is 5.69 Å². The minimum atomic E-state index is -0.521. The molecule has 0 unspecified atom stereocenters. The summed E-state index contributed by atoms with van der Waals surface area (Å²) in [5.74, 6) is 1.50. The number of benzene rings is 2. The van der Waals surface area contributed by atoms with Crippen LogP contribution in [0.3, 0.4) is 0 Å². The zero-order valence-corrected chi connectivity index (χ0v) is 16.6. The van der Waals surface area contributed by atoms with E-state index in [2.05, 4.69) is 4.98 Å². The van der Waals surface area contributed by atoms with Gasteiger partial charge in [0, 0.05) is 18.2 Å². The highest BCUT2D eigenvalue weighted by atomic mass is 16.6. The molecule has 0 amide bonds. The van der Waals surface area contributed by atoms with E-state index < -0.39 is 4.92 Å². The summed E-state index contributed by atoms with van der Waals surface area (Å²) in [5, 5.41) is 23.8. The van der Waals surface area contributed by atoms with Crippen LogP contribution in [0.25, 0.3) is 23.5 Å². The van der Waals surface area contributed by atoms with Gasteiger partial charge in [-0.15, -0.1) is 0 Å². The quantitative estimate of drug-likeness (QED) is 0.254. The summed E-state index contributed by atoms with van der Waals surface area (Å²) in [7, 11) is 4.55. The van der Waals surface area contributed by atoms with Crippen molar-refractivity contribution in [1.82, 2.24) is 4.98 Å². The van der Waals surface area contributed by atoms with Gasteiger partial charge in [-0.2, -0.15) is 0 Å². The SMILES string of the molecule is COc1cc(/C=C/c2ccnc(-c3cccc([N+](=O)[O-])c3)[n+]2[O-])cc(OC)c1OC. The molecule has 0 aliphatic rings. The number of nitro groups is 1. The van der Waals surface area contributed by atoms with Crippen LogP contribution in [0.2, 0.25) is 0 Å². The number of non-ortho nitro benzene ring substituents is 1. The minimum absolute atomic E-state index is 0.0609. The Balaban J connectivity index is 1.99. The summed E-state index contributed by atoms with van der Waals surface area (Å²) < 4.78 is 16.6. The first-order valence-corrected chi connectivity index (χ1v) is 8.80. The predicted octanol–water partition coefficient (Wildman–Crippen LogP) is 3.49. The summed E-state index contributed by atoms with van der Waals surface area (Å²) in [6.07, 6.45) is 4.79. The highest BCUT2D eigenvalue weighted by Gasteiger charge is 2.17. The lowest BCUT2D eigenvalue weighted by molar-refractivity contribution is -0.598. The van der Waals surface area contributed by atoms with E-state index in [-0.39, 0.29) is 11.5 Å². The maximum absolute atomic E-state index is 12.8. The molecule has 2 aromatic carbocycles. The van der Waals surface area contributed by atoms with Gasteiger partial charge >= 0.3 is 5.82 Å². The second-order valence-electron chi connectivity index (χ2n) is 6.09. The molecule has 0 aliphatic carbocycles. The van der Waals surface area contributed by atoms with Gasteiger partial charge in [-0.1, -0.05) is 12.1 Å². The van der Waals surface area contributed by atoms with Gasteiger partial charge in [-0.05, 0) is 34.8 Å². The number of nitro benzene ring substituents is 1. The van der Waals surface area contributed by atoms with Gasteiger partial charge in [0.1, 0.15) is 11.9 Å².